The molecule has 0 aliphatic rings. The number of nitrogens with two attached hydrogens (primary N) is 2. The number of hydrogen-bond donors (Lipinski definition) is 2. The Labute approximate surface area is 145 Å². The Morgan fingerprint density at radius 3 is 1.68 bits per heavy atom. The van der Waals surface area contributed by atoms with Crippen molar-refractivity contribution in [2.75, 3.05) is 11.5 Å². The molecule has 4 rings (SSSR count). The average Bonchev–Trinajstić information content (AvgIpc) is 3.31. The van der Waals surface area contributed by atoms with Crippen molar-refractivity contribution in [2.24, 2.45) is 0 Å². The lowest BCUT2D eigenvalue weighted by Crippen LogP contribution is -1.97. The first-order valence-corrected chi connectivity index (χ1v) is 7.17. The van der Waals surface area contributed by atoms with Crippen molar-refractivity contribution >= 4 is 11.4 Å². The summed E-state index contributed by atoms with van der Waals surface area (Å²) in [6.07, 6.45) is 6.69. The summed E-state index contributed by atoms with van der Waals surface area (Å²) in [7, 11) is 0. The topological polar surface area (TPSA) is 113 Å². The monoisotopic (exact) mass is 336 g/mol. The molecule has 0 fully saturated rings. The summed E-state index contributed by atoms with van der Waals surface area (Å²) in [6, 6.07) is 14.8. The van der Waals surface area contributed by atoms with E-state index in [2.05, 4.69) is 20.5 Å². The molecule has 0 saturated heterocycles. The smallest absolute Gasteiger partial charge is 0.0858 e. The van der Waals surface area contributed by atoms with Gasteiger partial charge in [-0.25, -0.2) is 4.68 Å². The third kappa shape index (κ3) is 4.64. The van der Waals surface area contributed by atoms with Crippen LogP contribution >= 0.6 is 0 Å². The van der Waals surface area contributed by atoms with E-state index >= 15 is 0 Å². The predicted molar refractivity (Wildman–Crippen MR) is 98.3 cm³/mol. The maximum absolute atomic E-state index is 5.53. The van der Waals surface area contributed by atoms with Gasteiger partial charge < -0.3 is 11.5 Å². The maximum atomic E-state index is 5.53. The van der Waals surface area contributed by atoms with Gasteiger partial charge in [-0.1, -0.05) is 12.6 Å². The Hall–Kier alpha value is -3.68. The Balaban J connectivity index is 0.000000173. The van der Waals surface area contributed by atoms with Gasteiger partial charge in [0.2, 0.25) is 0 Å². The minimum Gasteiger partial charge on any atom is -0.399 e. The Bertz CT molecular complexity index is 774. The highest BCUT2D eigenvalue weighted by molar-refractivity contribution is 5.44. The second-order valence-electron chi connectivity index (χ2n) is 4.85. The summed E-state index contributed by atoms with van der Waals surface area (Å²) >= 11 is 0. The molecule has 4 N–H and O–H groups in total. The summed E-state index contributed by atoms with van der Waals surface area (Å²) in [6.45, 7) is 0. The number of nitrogen functional groups attached to an aromatic ring is 2. The van der Waals surface area contributed by atoms with Gasteiger partial charge in [-0.3, -0.25) is 0 Å². The molecule has 0 atom stereocenters. The van der Waals surface area contributed by atoms with Crippen LogP contribution in [-0.2, 0) is 0 Å². The van der Waals surface area contributed by atoms with Crippen molar-refractivity contribution in [3.05, 3.63) is 73.3 Å². The van der Waals surface area contributed by atoms with E-state index in [1.807, 2.05) is 48.5 Å². The fourth-order valence-corrected chi connectivity index (χ4v) is 1.93. The molecule has 8 heteroatoms. The molecule has 128 valence electrons. The highest BCUT2D eigenvalue weighted by Gasteiger charge is 1.95. The number of hydrogen-bond acceptors (Lipinski definition) is 6. The number of rotatable bonds is 2. The lowest BCUT2D eigenvalue weighted by atomic mass is 10.3. The number of aromatic nitrogens is 6. The van der Waals surface area contributed by atoms with E-state index in [0.29, 0.717) is 0 Å². The molecule has 0 saturated carbocycles. The lowest BCUT2D eigenvalue weighted by Gasteiger charge is -1.98. The first-order chi connectivity index (χ1) is 11.7. The SMILES string of the molecule is C.Nc1ccc(-n2ccnn2)cc1.Nc1ccc(-n2nccn2)cc1. The fourth-order valence-electron chi connectivity index (χ4n) is 1.93. The van der Waals surface area contributed by atoms with Crippen LogP contribution < -0.4 is 11.5 Å². The molecule has 2 aromatic heterocycles. The highest BCUT2D eigenvalue weighted by atomic mass is 15.5. The van der Waals surface area contributed by atoms with Crippen LogP contribution in [0.15, 0.2) is 73.3 Å². The van der Waals surface area contributed by atoms with E-state index in [1.165, 1.54) is 0 Å². The van der Waals surface area contributed by atoms with E-state index in [-0.39, 0.29) is 7.43 Å². The number of nitrogens with zero attached hydrogens (tertiary/aromatic N) is 6. The highest BCUT2D eigenvalue weighted by Crippen LogP contribution is 2.08. The lowest BCUT2D eigenvalue weighted by molar-refractivity contribution is 0.752. The molecule has 25 heavy (non-hydrogen) atoms. The number of anilines is 2. The van der Waals surface area contributed by atoms with E-state index in [4.69, 9.17) is 11.5 Å². The molecule has 2 heterocycles. The first kappa shape index (κ1) is 17.7. The quantitative estimate of drug-likeness (QED) is 0.543. The molecule has 0 aliphatic carbocycles. The summed E-state index contributed by atoms with van der Waals surface area (Å²) in [5, 5.41) is 15.5. The van der Waals surface area contributed by atoms with Crippen LogP contribution in [0.25, 0.3) is 11.4 Å². The third-order valence-electron chi connectivity index (χ3n) is 3.12. The van der Waals surface area contributed by atoms with Crippen LogP contribution in [0.2, 0.25) is 0 Å². The minimum absolute atomic E-state index is 0. The standard InChI is InChI=1S/2C8H8N4.CH4/c9-7-1-3-8(4-2-7)12-6-5-10-11-12;9-7-1-3-8(4-2-7)12-10-5-6-11-12;/h2*1-6H,9H2;1H4. The van der Waals surface area contributed by atoms with Gasteiger partial charge in [-0.2, -0.15) is 15.0 Å². The molecule has 4 aromatic rings. The molecule has 0 amide bonds. The van der Waals surface area contributed by atoms with Crippen LogP contribution in [0.5, 0.6) is 0 Å². The minimum atomic E-state index is 0. The second kappa shape index (κ2) is 8.25. The fraction of sp³-hybridized carbons (Fsp3) is 0.0588. The van der Waals surface area contributed by atoms with Crippen molar-refractivity contribution in [1.29, 1.82) is 0 Å². The summed E-state index contributed by atoms with van der Waals surface area (Å²) in [4.78, 5) is 1.54. The Morgan fingerprint density at radius 1 is 0.680 bits per heavy atom. The molecular weight excluding hydrogens is 316 g/mol. The van der Waals surface area contributed by atoms with Crippen molar-refractivity contribution in [2.45, 2.75) is 7.43 Å². The first-order valence-electron chi connectivity index (χ1n) is 7.17. The summed E-state index contributed by atoms with van der Waals surface area (Å²) in [5.41, 5.74) is 14.4. The van der Waals surface area contributed by atoms with Gasteiger partial charge in [0.15, 0.2) is 0 Å². The molecule has 0 bridgehead atoms. The van der Waals surface area contributed by atoms with Crippen LogP contribution in [0.1, 0.15) is 7.43 Å². The largest absolute Gasteiger partial charge is 0.399 e. The number of benzene rings is 2. The normalized spacial score (nSPS) is 9.60. The van der Waals surface area contributed by atoms with Gasteiger partial charge in [0, 0.05) is 11.4 Å². The van der Waals surface area contributed by atoms with Gasteiger partial charge in [-0.05, 0) is 48.5 Å². The van der Waals surface area contributed by atoms with E-state index in [9.17, 15) is 0 Å². The van der Waals surface area contributed by atoms with Crippen molar-refractivity contribution < 1.29 is 0 Å². The van der Waals surface area contributed by atoms with E-state index < -0.39 is 0 Å². The Morgan fingerprint density at radius 2 is 1.20 bits per heavy atom. The van der Waals surface area contributed by atoms with Gasteiger partial charge in [0.25, 0.3) is 0 Å². The predicted octanol–water partition coefficient (Wildman–Crippen LogP) is 2.34. The molecule has 0 unspecified atom stereocenters. The van der Waals surface area contributed by atoms with Crippen LogP contribution in [0, 0.1) is 0 Å². The van der Waals surface area contributed by atoms with Crippen LogP contribution in [-0.4, -0.2) is 30.0 Å². The van der Waals surface area contributed by atoms with E-state index in [0.717, 1.165) is 22.7 Å². The zero-order valence-electron chi connectivity index (χ0n) is 12.8. The zero-order chi connectivity index (χ0) is 16.8. The third-order valence-corrected chi connectivity index (χ3v) is 3.12. The summed E-state index contributed by atoms with van der Waals surface area (Å²) < 4.78 is 1.68. The van der Waals surface area contributed by atoms with Crippen molar-refractivity contribution in [1.82, 2.24) is 30.0 Å². The molecule has 0 spiro atoms. The molecule has 2 aromatic carbocycles. The molecule has 0 aliphatic heterocycles. The average molecular weight is 336 g/mol. The maximum Gasteiger partial charge on any atom is 0.0858 e. The molecular formula is C17H20N8. The van der Waals surface area contributed by atoms with E-state index in [1.54, 1.807) is 34.3 Å². The summed E-state index contributed by atoms with van der Waals surface area (Å²) in [5.74, 6) is 0. The second-order valence-corrected chi connectivity index (χ2v) is 4.85. The Kier molecular flexibility index (Phi) is 5.83. The van der Waals surface area contributed by atoms with Gasteiger partial charge in [0.05, 0.1) is 36.2 Å². The van der Waals surface area contributed by atoms with Gasteiger partial charge >= 0.3 is 0 Å². The molecule has 8 nitrogen and oxygen atoms in total. The zero-order valence-corrected chi connectivity index (χ0v) is 12.8. The van der Waals surface area contributed by atoms with Crippen LogP contribution in [0.4, 0.5) is 11.4 Å². The van der Waals surface area contributed by atoms with Gasteiger partial charge in [-0.15, -0.1) is 5.10 Å². The molecule has 0 radical (unpaired) electrons. The van der Waals surface area contributed by atoms with Crippen LogP contribution in [0.3, 0.4) is 0 Å². The van der Waals surface area contributed by atoms with Crippen molar-refractivity contribution in [3.63, 3.8) is 0 Å². The van der Waals surface area contributed by atoms with Crippen molar-refractivity contribution in [3.8, 4) is 11.4 Å². The van der Waals surface area contributed by atoms with Gasteiger partial charge in [0.1, 0.15) is 0 Å².